The lowest BCUT2D eigenvalue weighted by atomic mass is 10.0. The van der Waals surface area contributed by atoms with Crippen LogP contribution in [-0.4, -0.2) is 25.7 Å². The lowest BCUT2D eigenvalue weighted by Gasteiger charge is -2.21. The fourth-order valence-corrected chi connectivity index (χ4v) is 1.94. The number of amides is 1. The summed E-state index contributed by atoms with van der Waals surface area (Å²) in [6, 6.07) is 5.64. The number of benzene rings is 1. The van der Waals surface area contributed by atoms with Gasteiger partial charge in [-0.15, -0.1) is 0 Å². The lowest BCUT2D eigenvalue weighted by Crippen LogP contribution is -2.41. The molecule has 1 unspecified atom stereocenters. The number of hydrogen-bond donors (Lipinski definition) is 1. The van der Waals surface area contributed by atoms with Crippen molar-refractivity contribution in [1.82, 2.24) is 5.32 Å². The van der Waals surface area contributed by atoms with E-state index in [1.54, 1.807) is 7.11 Å². The molecule has 1 N–H and O–H groups in total. The Morgan fingerprint density at radius 2 is 2.11 bits per heavy atom. The van der Waals surface area contributed by atoms with Crippen molar-refractivity contribution < 1.29 is 9.53 Å². The molecule has 1 aromatic carbocycles. The van der Waals surface area contributed by atoms with Gasteiger partial charge in [-0.1, -0.05) is 35.8 Å². The smallest absolute Gasteiger partial charge is 0.251 e. The topological polar surface area (TPSA) is 38.3 Å². The summed E-state index contributed by atoms with van der Waals surface area (Å²) in [6.07, 6.45) is 0. The van der Waals surface area contributed by atoms with Gasteiger partial charge in [-0.05, 0) is 30.5 Å². The second-order valence-corrected chi connectivity index (χ2v) is 5.60. The highest BCUT2D eigenvalue weighted by atomic mass is 79.9. The number of hydrogen-bond acceptors (Lipinski definition) is 2. The third-order valence-electron chi connectivity index (χ3n) is 2.90. The maximum absolute atomic E-state index is 12.1. The third kappa shape index (κ3) is 4.10. The molecule has 0 aliphatic heterocycles. The molecule has 1 atom stereocenters. The van der Waals surface area contributed by atoms with E-state index in [9.17, 15) is 4.79 Å². The van der Waals surface area contributed by atoms with Gasteiger partial charge in [-0.3, -0.25) is 4.79 Å². The minimum absolute atomic E-state index is 0.0302. The van der Waals surface area contributed by atoms with Gasteiger partial charge in [0.1, 0.15) is 0 Å². The molecule has 0 radical (unpaired) electrons. The maximum atomic E-state index is 12.1. The predicted molar refractivity (Wildman–Crippen MR) is 76.8 cm³/mol. The molecule has 1 aromatic rings. The highest BCUT2D eigenvalue weighted by Gasteiger charge is 2.17. The summed E-state index contributed by atoms with van der Waals surface area (Å²) in [5, 5.41) is 3.00. The molecule has 0 aliphatic rings. The molecular weight excluding hydrogens is 294 g/mol. The van der Waals surface area contributed by atoms with Crippen LogP contribution >= 0.6 is 15.9 Å². The number of aryl methyl sites for hydroxylation is 1. The predicted octanol–water partition coefficient (Wildman–Crippen LogP) is 3.16. The second-order valence-electron chi connectivity index (χ2n) is 4.74. The van der Waals surface area contributed by atoms with Crippen molar-refractivity contribution >= 4 is 21.8 Å². The Morgan fingerprint density at radius 1 is 1.44 bits per heavy atom. The third-order valence-corrected chi connectivity index (χ3v) is 3.76. The van der Waals surface area contributed by atoms with Crippen molar-refractivity contribution in [2.75, 3.05) is 13.7 Å². The van der Waals surface area contributed by atoms with Crippen LogP contribution in [0, 0.1) is 12.8 Å². The van der Waals surface area contributed by atoms with Crippen molar-refractivity contribution in [1.29, 1.82) is 0 Å². The minimum Gasteiger partial charge on any atom is -0.383 e. The largest absolute Gasteiger partial charge is 0.383 e. The molecule has 18 heavy (non-hydrogen) atoms. The maximum Gasteiger partial charge on any atom is 0.251 e. The Labute approximate surface area is 117 Å². The summed E-state index contributed by atoms with van der Waals surface area (Å²) in [5.41, 5.74) is 1.78. The van der Waals surface area contributed by atoms with Gasteiger partial charge in [-0.2, -0.15) is 0 Å². The fourth-order valence-electron chi connectivity index (χ4n) is 1.57. The van der Waals surface area contributed by atoms with E-state index in [0.29, 0.717) is 18.1 Å². The Balaban J connectivity index is 2.77. The van der Waals surface area contributed by atoms with Crippen molar-refractivity contribution in [3.05, 3.63) is 33.8 Å². The normalized spacial score (nSPS) is 12.6. The van der Waals surface area contributed by atoms with Crippen molar-refractivity contribution in [3.8, 4) is 0 Å². The Morgan fingerprint density at radius 3 is 2.61 bits per heavy atom. The molecule has 1 rings (SSSR count). The van der Waals surface area contributed by atoms with E-state index >= 15 is 0 Å². The average Bonchev–Trinajstić information content (AvgIpc) is 2.31. The van der Waals surface area contributed by atoms with Crippen LogP contribution in [0.3, 0.4) is 0 Å². The van der Waals surface area contributed by atoms with Crippen LogP contribution in [0.1, 0.15) is 29.8 Å². The lowest BCUT2D eigenvalue weighted by molar-refractivity contribution is 0.0866. The number of halogens is 1. The summed E-state index contributed by atoms with van der Waals surface area (Å²) in [4.78, 5) is 12.1. The minimum atomic E-state index is -0.0635. The highest BCUT2D eigenvalue weighted by molar-refractivity contribution is 9.10. The van der Waals surface area contributed by atoms with E-state index in [-0.39, 0.29) is 11.9 Å². The number of carbonyl (C=O) groups is 1. The molecule has 0 bridgehead atoms. The van der Waals surface area contributed by atoms with E-state index in [0.717, 1.165) is 10.0 Å². The summed E-state index contributed by atoms with van der Waals surface area (Å²) in [5.74, 6) is 0.272. The SMILES string of the molecule is COCC(NC(=O)c1ccc(C)c(Br)c1)C(C)C. The van der Waals surface area contributed by atoms with Gasteiger partial charge < -0.3 is 10.1 Å². The molecule has 0 aliphatic carbocycles. The van der Waals surface area contributed by atoms with Crippen LogP contribution in [0.2, 0.25) is 0 Å². The molecule has 1 amide bonds. The van der Waals surface area contributed by atoms with E-state index in [1.807, 2.05) is 25.1 Å². The number of nitrogens with one attached hydrogen (secondary N) is 1. The summed E-state index contributed by atoms with van der Waals surface area (Å²) in [7, 11) is 1.64. The molecule has 0 aromatic heterocycles. The van der Waals surface area contributed by atoms with Crippen molar-refractivity contribution in [2.45, 2.75) is 26.8 Å². The van der Waals surface area contributed by atoms with Crippen LogP contribution in [0.4, 0.5) is 0 Å². The van der Waals surface area contributed by atoms with Gasteiger partial charge in [0, 0.05) is 17.1 Å². The molecule has 0 spiro atoms. The number of methoxy groups -OCH3 is 1. The monoisotopic (exact) mass is 313 g/mol. The Hall–Kier alpha value is -0.870. The van der Waals surface area contributed by atoms with Gasteiger partial charge in [-0.25, -0.2) is 0 Å². The molecule has 0 saturated heterocycles. The quantitative estimate of drug-likeness (QED) is 0.906. The van der Waals surface area contributed by atoms with Gasteiger partial charge in [0.05, 0.1) is 12.6 Å². The zero-order valence-corrected chi connectivity index (χ0v) is 12.9. The standard InChI is InChI=1S/C14H20BrNO2/c1-9(2)13(8-18-4)16-14(17)11-6-5-10(3)12(15)7-11/h5-7,9,13H,8H2,1-4H3,(H,16,17). The zero-order chi connectivity index (χ0) is 13.7. The van der Waals surface area contributed by atoms with Gasteiger partial charge in [0.25, 0.3) is 5.91 Å². The first-order chi connectivity index (χ1) is 8.45. The number of ether oxygens (including phenoxy) is 1. The molecular formula is C14H20BrNO2. The molecule has 0 fully saturated rings. The van der Waals surface area contributed by atoms with Crippen LogP contribution in [-0.2, 0) is 4.74 Å². The van der Waals surface area contributed by atoms with Crippen LogP contribution in [0.5, 0.6) is 0 Å². The fraction of sp³-hybridized carbons (Fsp3) is 0.500. The van der Waals surface area contributed by atoms with Crippen LogP contribution in [0.15, 0.2) is 22.7 Å². The van der Waals surface area contributed by atoms with Gasteiger partial charge in [0.2, 0.25) is 0 Å². The first kappa shape index (κ1) is 15.2. The summed E-state index contributed by atoms with van der Waals surface area (Å²) < 4.78 is 6.07. The zero-order valence-electron chi connectivity index (χ0n) is 11.3. The highest BCUT2D eigenvalue weighted by Crippen LogP contribution is 2.17. The summed E-state index contributed by atoms with van der Waals surface area (Å²) in [6.45, 7) is 6.65. The molecule has 0 heterocycles. The van der Waals surface area contributed by atoms with Crippen molar-refractivity contribution in [2.24, 2.45) is 5.92 Å². The van der Waals surface area contributed by atoms with E-state index < -0.39 is 0 Å². The average molecular weight is 314 g/mol. The van der Waals surface area contributed by atoms with Crippen LogP contribution < -0.4 is 5.32 Å². The van der Waals surface area contributed by atoms with E-state index in [1.165, 1.54) is 0 Å². The van der Waals surface area contributed by atoms with Gasteiger partial charge >= 0.3 is 0 Å². The molecule has 0 saturated carbocycles. The first-order valence-corrected chi connectivity index (χ1v) is 6.81. The van der Waals surface area contributed by atoms with Gasteiger partial charge in [0.15, 0.2) is 0 Å². The van der Waals surface area contributed by atoms with Crippen molar-refractivity contribution in [3.63, 3.8) is 0 Å². The summed E-state index contributed by atoms with van der Waals surface area (Å²) >= 11 is 3.44. The number of rotatable bonds is 5. The Kier molecular flexibility index (Phi) is 5.82. The van der Waals surface area contributed by atoms with E-state index in [4.69, 9.17) is 4.74 Å². The molecule has 3 nitrogen and oxygen atoms in total. The first-order valence-electron chi connectivity index (χ1n) is 6.01. The molecule has 4 heteroatoms. The van der Waals surface area contributed by atoms with Crippen LogP contribution in [0.25, 0.3) is 0 Å². The van der Waals surface area contributed by atoms with E-state index in [2.05, 4.69) is 35.1 Å². The Bertz CT molecular complexity index is 418. The number of carbonyl (C=O) groups excluding carboxylic acids is 1. The molecule has 100 valence electrons. The second kappa shape index (κ2) is 6.90.